The number of hydrogen-bond donors (Lipinski definition) is 1. The van der Waals surface area contributed by atoms with Gasteiger partial charge in [-0.1, -0.05) is 42.5 Å². The van der Waals surface area contributed by atoms with Gasteiger partial charge in [0.15, 0.2) is 0 Å². The largest absolute Gasteiger partial charge is 0.489 e. The van der Waals surface area contributed by atoms with Gasteiger partial charge in [-0.05, 0) is 48.2 Å². The van der Waals surface area contributed by atoms with E-state index in [0.29, 0.717) is 6.61 Å². The van der Waals surface area contributed by atoms with E-state index in [4.69, 9.17) is 4.74 Å². The molecule has 24 heavy (non-hydrogen) atoms. The zero-order valence-corrected chi connectivity index (χ0v) is 13.4. The monoisotopic (exact) mass is 320 g/mol. The second kappa shape index (κ2) is 7.59. The molecule has 0 heterocycles. The van der Waals surface area contributed by atoms with Crippen LogP contribution < -0.4 is 10.2 Å². The molecule has 1 N–H and O–H groups in total. The first kappa shape index (κ1) is 16.0. The van der Waals surface area contributed by atoms with E-state index >= 15 is 0 Å². The summed E-state index contributed by atoms with van der Waals surface area (Å²) >= 11 is 0. The van der Waals surface area contributed by atoms with E-state index in [-0.39, 0.29) is 11.8 Å². The number of hydrogen-bond acceptors (Lipinski definition) is 3. The summed E-state index contributed by atoms with van der Waals surface area (Å²) in [5.41, 5.74) is 5.74. The van der Waals surface area contributed by atoms with Crippen molar-refractivity contribution >= 4 is 12.1 Å². The van der Waals surface area contributed by atoms with Gasteiger partial charge in [0.25, 0.3) is 0 Å². The minimum absolute atomic E-state index is 0.0309. The number of benzene rings is 2. The average molecular weight is 320 g/mol. The minimum Gasteiger partial charge on any atom is -0.489 e. The van der Waals surface area contributed by atoms with Crippen LogP contribution in [0, 0.1) is 5.92 Å². The number of rotatable bonds is 6. The fourth-order valence-electron chi connectivity index (χ4n) is 2.48. The van der Waals surface area contributed by atoms with Gasteiger partial charge in [-0.25, -0.2) is 5.43 Å². The highest BCUT2D eigenvalue weighted by Crippen LogP contribution is 2.31. The van der Waals surface area contributed by atoms with E-state index in [1.807, 2.05) is 54.6 Å². The fourth-order valence-corrected chi connectivity index (χ4v) is 2.48. The Balaban J connectivity index is 1.46. The predicted molar refractivity (Wildman–Crippen MR) is 94.8 cm³/mol. The van der Waals surface area contributed by atoms with Crippen LogP contribution in [0.3, 0.4) is 0 Å². The van der Waals surface area contributed by atoms with Crippen LogP contribution in [0.15, 0.2) is 71.9 Å². The van der Waals surface area contributed by atoms with Crippen molar-refractivity contribution in [2.45, 2.75) is 19.4 Å². The second-order valence-electron chi connectivity index (χ2n) is 5.93. The molecule has 1 saturated carbocycles. The van der Waals surface area contributed by atoms with E-state index in [0.717, 1.165) is 35.3 Å². The Morgan fingerprint density at radius 1 is 1.17 bits per heavy atom. The van der Waals surface area contributed by atoms with Crippen LogP contribution >= 0.6 is 0 Å². The maximum atomic E-state index is 11.7. The van der Waals surface area contributed by atoms with Gasteiger partial charge in [0.05, 0.1) is 6.21 Å². The molecule has 3 rings (SSSR count). The summed E-state index contributed by atoms with van der Waals surface area (Å²) in [6.07, 6.45) is 3.18. The summed E-state index contributed by atoms with van der Waals surface area (Å²) in [4.78, 5) is 11.7. The standard InChI is InChI=1S/C20H20N2O2/c1-15-11-18(12-15)20(23)22-21-13-16-7-9-19(10-8-16)24-14-17-5-3-2-4-6-17/h2-10,13,18H,1,11-12,14H2,(H,22,23)/b21-13-. The van der Waals surface area contributed by atoms with Gasteiger partial charge in [-0.15, -0.1) is 0 Å². The van der Waals surface area contributed by atoms with Crippen LogP contribution in [0.4, 0.5) is 0 Å². The first-order valence-electron chi connectivity index (χ1n) is 7.97. The van der Waals surface area contributed by atoms with Gasteiger partial charge >= 0.3 is 0 Å². The number of nitrogens with one attached hydrogen (secondary N) is 1. The lowest BCUT2D eigenvalue weighted by molar-refractivity contribution is -0.126. The number of carbonyl (C=O) groups is 1. The Labute approximate surface area is 141 Å². The predicted octanol–water partition coefficient (Wildman–Crippen LogP) is 3.68. The van der Waals surface area contributed by atoms with Crippen LogP contribution in [0.5, 0.6) is 5.75 Å². The van der Waals surface area contributed by atoms with Crippen LogP contribution in [0.2, 0.25) is 0 Å². The molecule has 1 aliphatic carbocycles. The van der Waals surface area contributed by atoms with Crippen molar-refractivity contribution in [1.82, 2.24) is 5.43 Å². The molecule has 0 aliphatic heterocycles. The zero-order valence-electron chi connectivity index (χ0n) is 13.4. The molecule has 1 amide bonds. The lowest BCUT2D eigenvalue weighted by Crippen LogP contribution is -2.32. The van der Waals surface area contributed by atoms with Crippen molar-refractivity contribution in [3.8, 4) is 5.75 Å². The summed E-state index contributed by atoms with van der Waals surface area (Å²) in [5.74, 6) is 0.790. The third-order valence-corrected chi connectivity index (χ3v) is 3.96. The Kier molecular flexibility index (Phi) is 5.06. The summed E-state index contributed by atoms with van der Waals surface area (Å²) in [7, 11) is 0. The van der Waals surface area contributed by atoms with Crippen molar-refractivity contribution in [3.63, 3.8) is 0 Å². The SMILES string of the molecule is C=C1CC(C(=O)N/N=C\c2ccc(OCc3ccccc3)cc2)C1. The molecule has 4 heteroatoms. The Morgan fingerprint density at radius 3 is 2.54 bits per heavy atom. The molecular formula is C20H20N2O2. The van der Waals surface area contributed by atoms with E-state index in [1.165, 1.54) is 0 Å². The lowest BCUT2D eigenvalue weighted by atomic mass is 9.81. The number of ether oxygens (including phenoxy) is 1. The van der Waals surface area contributed by atoms with Crippen LogP contribution in [0.1, 0.15) is 24.0 Å². The number of amides is 1. The van der Waals surface area contributed by atoms with Crippen molar-refractivity contribution in [1.29, 1.82) is 0 Å². The molecule has 0 aromatic heterocycles. The molecular weight excluding hydrogens is 300 g/mol. The molecule has 0 atom stereocenters. The topological polar surface area (TPSA) is 50.7 Å². The Hall–Kier alpha value is -2.88. The smallest absolute Gasteiger partial charge is 0.243 e. The Morgan fingerprint density at radius 2 is 1.88 bits per heavy atom. The molecule has 0 radical (unpaired) electrons. The quantitative estimate of drug-likeness (QED) is 0.501. The van der Waals surface area contributed by atoms with Crippen molar-refractivity contribution in [2.24, 2.45) is 11.0 Å². The molecule has 1 aliphatic rings. The average Bonchev–Trinajstić information content (AvgIpc) is 2.59. The highest BCUT2D eigenvalue weighted by Gasteiger charge is 2.27. The van der Waals surface area contributed by atoms with Crippen LogP contribution in [-0.2, 0) is 11.4 Å². The van der Waals surface area contributed by atoms with Crippen molar-refractivity contribution < 1.29 is 9.53 Å². The summed E-state index contributed by atoms with van der Waals surface area (Å²) in [6.45, 7) is 4.37. The third-order valence-electron chi connectivity index (χ3n) is 3.96. The number of hydrazone groups is 1. The van der Waals surface area contributed by atoms with Gasteiger partial charge in [-0.2, -0.15) is 5.10 Å². The zero-order chi connectivity index (χ0) is 16.8. The normalized spacial score (nSPS) is 14.4. The summed E-state index contributed by atoms with van der Waals surface area (Å²) < 4.78 is 5.73. The first-order valence-corrected chi connectivity index (χ1v) is 7.97. The molecule has 4 nitrogen and oxygen atoms in total. The van der Waals surface area contributed by atoms with Crippen molar-refractivity contribution in [2.75, 3.05) is 0 Å². The van der Waals surface area contributed by atoms with Crippen molar-refractivity contribution in [3.05, 3.63) is 77.9 Å². The molecule has 2 aromatic carbocycles. The van der Waals surface area contributed by atoms with Gasteiger partial charge in [-0.3, -0.25) is 4.79 Å². The number of nitrogens with zero attached hydrogens (tertiary/aromatic N) is 1. The van der Waals surface area contributed by atoms with Gasteiger partial charge in [0.1, 0.15) is 12.4 Å². The Bertz CT molecular complexity index is 728. The molecule has 122 valence electrons. The van der Waals surface area contributed by atoms with Gasteiger partial charge in [0, 0.05) is 5.92 Å². The lowest BCUT2D eigenvalue weighted by Gasteiger charge is -2.25. The molecule has 0 unspecified atom stereocenters. The molecule has 0 saturated heterocycles. The molecule has 1 fully saturated rings. The highest BCUT2D eigenvalue weighted by molar-refractivity contribution is 5.84. The summed E-state index contributed by atoms with van der Waals surface area (Å²) in [5, 5.41) is 4.00. The number of allylic oxidation sites excluding steroid dienone is 1. The first-order chi connectivity index (χ1) is 11.7. The fraction of sp³-hybridized carbons (Fsp3) is 0.200. The maximum absolute atomic E-state index is 11.7. The molecule has 0 bridgehead atoms. The van der Waals surface area contributed by atoms with Crippen LogP contribution in [0.25, 0.3) is 0 Å². The van der Waals surface area contributed by atoms with Gasteiger partial charge in [0.2, 0.25) is 5.91 Å². The molecule has 0 spiro atoms. The van der Waals surface area contributed by atoms with E-state index in [2.05, 4.69) is 17.1 Å². The molecule has 2 aromatic rings. The second-order valence-corrected chi connectivity index (χ2v) is 5.93. The van der Waals surface area contributed by atoms with Crippen LogP contribution in [-0.4, -0.2) is 12.1 Å². The summed E-state index contributed by atoms with van der Waals surface area (Å²) in [6, 6.07) is 17.6. The van der Waals surface area contributed by atoms with E-state index in [1.54, 1.807) is 6.21 Å². The van der Waals surface area contributed by atoms with E-state index in [9.17, 15) is 4.79 Å². The minimum atomic E-state index is -0.0403. The third kappa shape index (κ3) is 4.32. The van der Waals surface area contributed by atoms with Gasteiger partial charge < -0.3 is 4.74 Å². The van der Waals surface area contributed by atoms with E-state index < -0.39 is 0 Å². The highest BCUT2D eigenvalue weighted by atomic mass is 16.5. The maximum Gasteiger partial charge on any atom is 0.243 e. The number of carbonyl (C=O) groups excluding carboxylic acids is 1.